The van der Waals surface area contributed by atoms with Crippen LogP contribution >= 0.6 is 15.9 Å². The average molecular weight is 326 g/mol. The monoisotopic (exact) mass is 325 g/mol. The molecule has 0 saturated heterocycles. The van der Waals surface area contributed by atoms with Crippen LogP contribution in [-0.4, -0.2) is 20.2 Å². The largest absolute Gasteiger partial charge is 0.496 e. The second kappa shape index (κ2) is 7.71. The number of hydrogen-bond acceptors (Lipinski definition) is 2. The van der Waals surface area contributed by atoms with E-state index in [0.29, 0.717) is 0 Å². The van der Waals surface area contributed by atoms with E-state index < -0.39 is 0 Å². The zero-order chi connectivity index (χ0) is 14.3. The van der Waals surface area contributed by atoms with E-state index in [1.807, 2.05) is 12.1 Å². The molecule has 1 aromatic rings. The SMILES string of the molecule is C=CC(C)(CNCCC)Cc1ccc(OC)c(Br)c1. The predicted octanol–water partition coefficient (Wildman–Crippen LogP) is 4.19. The Hall–Kier alpha value is -0.800. The van der Waals surface area contributed by atoms with Crippen LogP contribution in [0, 0.1) is 5.41 Å². The summed E-state index contributed by atoms with van der Waals surface area (Å²) in [4.78, 5) is 0. The Morgan fingerprint density at radius 3 is 2.74 bits per heavy atom. The molecule has 0 heterocycles. The van der Waals surface area contributed by atoms with Gasteiger partial charge in [0.25, 0.3) is 0 Å². The van der Waals surface area contributed by atoms with Gasteiger partial charge in [0, 0.05) is 12.0 Å². The maximum absolute atomic E-state index is 5.26. The molecule has 2 nitrogen and oxygen atoms in total. The van der Waals surface area contributed by atoms with Crippen molar-refractivity contribution in [3.63, 3.8) is 0 Å². The number of ether oxygens (including phenoxy) is 1. The van der Waals surface area contributed by atoms with E-state index in [2.05, 4.69) is 53.8 Å². The third-order valence-corrected chi connectivity index (χ3v) is 3.89. The maximum Gasteiger partial charge on any atom is 0.133 e. The molecule has 1 aromatic carbocycles. The molecule has 3 heteroatoms. The minimum Gasteiger partial charge on any atom is -0.496 e. The van der Waals surface area contributed by atoms with Gasteiger partial charge in [-0.25, -0.2) is 0 Å². The van der Waals surface area contributed by atoms with Gasteiger partial charge in [-0.05, 0) is 53.0 Å². The van der Waals surface area contributed by atoms with Crippen molar-refractivity contribution in [1.82, 2.24) is 5.32 Å². The number of hydrogen-bond donors (Lipinski definition) is 1. The molecule has 0 aliphatic rings. The van der Waals surface area contributed by atoms with Gasteiger partial charge in [-0.15, -0.1) is 6.58 Å². The maximum atomic E-state index is 5.26. The van der Waals surface area contributed by atoms with Crippen LogP contribution in [0.15, 0.2) is 35.3 Å². The number of rotatable bonds is 8. The molecular weight excluding hydrogens is 302 g/mol. The Balaban J connectivity index is 2.74. The zero-order valence-corrected chi connectivity index (χ0v) is 13.7. The van der Waals surface area contributed by atoms with E-state index in [4.69, 9.17) is 4.74 Å². The Labute approximate surface area is 125 Å². The molecule has 1 rings (SSSR count). The van der Waals surface area contributed by atoms with E-state index in [1.54, 1.807) is 7.11 Å². The molecule has 0 aliphatic heterocycles. The van der Waals surface area contributed by atoms with E-state index >= 15 is 0 Å². The van der Waals surface area contributed by atoms with Gasteiger partial charge >= 0.3 is 0 Å². The Morgan fingerprint density at radius 1 is 1.47 bits per heavy atom. The van der Waals surface area contributed by atoms with E-state index in [1.165, 1.54) is 5.56 Å². The van der Waals surface area contributed by atoms with Crippen LogP contribution in [0.3, 0.4) is 0 Å². The molecule has 0 aromatic heterocycles. The molecule has 0 spiro atoms. The van der Waals surface area contributed by atoms with Crippen LogP contribution in [0.1, 0.15) is 25.8 Å². The van der Waals surface area contributed by atoms with Gasteiger partial charge in [-0.1, -0.05) is 26.0 Å². The lowest BCUT2D eigenvalue weighted by atomic mass is 9.83. The van der Waals surface area contributed by atoms with Crippen molar-refractivity contribution in [3.8, 4) is 5.75 Å². The quantitative estimate of drug-likeness (QED) is 0.571. The van der Waals surface area contributed by atoms with Gasteiger partial charge < -0.3 is 10.1 Å². The van der Waals surface area contributed by atoms with Crippen LogP contribution in [0.25, 0.3) is 0 Å². The van der Waals surface area contributed by atoms with Crippen molar-refractivity contribution in [2.45, 2.75) is 26.7 Å². The first-order valence-electron chi connectivity index (χ1n) is 6.71. The molecule has 19 heavy (non-hydrogen) atoms. The fraction of sp³-hybridized carbons (Fsp3) is 0.500. The van der Waals surface area contributed by atoms with Crippen LogP contribution in [0.2, 0.25) is 0 Å². The summed E-state index contributed by atoms with van der Waals surface area (Å²) in [5, 5.41) is 3.48. The highest BCUT2D eigenvalue weighted by molar-refractivity contribution is 9.10. The molecule has 1 atom stereocenters. The first-order chi connectivity index (χ1) is 9.04. The predicted molar refractivity (Wildman–Crippen MR) is 85.9 cm³/mol. The zero-order valence-electron chi connectivity index (χ0n) is 12.1. The van der Waals surface area contributed by atoms with Gasteiger partial charge in [0.2, 0.25) is 0 Å². The minimum absolute atomic E-state index is 0.0726. The van der Waals surface area contributed by atoms with Gasteiger partial charge in [0.05, 0.1) is 11.6 Å². The van der Waals surface area contributed by atoms with Crippen molar-refractivity contribution in [1.29, 1.82) is 0 Å². The van der Waals surface area contributed by atoms with E-state index in [9.17, 15) is 0 Å². The van der Waals surface area contributed by atoms with E-state index in [-0.39, 0.29) is 5.41 Å². The lowest BCUT2D eigenvalue weighted by Gasteiger charge is -2.26. The topological polar surface area (TPSA) is 21.3 Å². The summed E-state index contributed by atoms with van der Waals surface area (Å²) >= 11 is 3.53. The van der Waals surface area contributed by atoms with Gasteiger partial charge in [0.1, 0.15) is 5.75 Å². The van der Waals surface area contributed by atoms with Crippen molar-refractivity contribution >= 4 is 15.9 Å². The van der Waals surface area contributed by atoms with Gasteiger partial charge in [-0.2, -0.15) is 0 Å². The summed E-state index contributed by atoms with van der Waals surface area (Å²) in [5.41, 5.74) is 1.36. The molecule has 0 radical (unpaired) electrons. The number of methoxy groups -OCH3 is 1. The summed E-state index contributed by atoms with van der Waals surface area (Å²) in [6, 6.07) is 6.24. The van der Waals surface area contributed by atoms with Crippen LogP contribution in [-0.2, 0) is 6.42 Å². The molecule has 1 N–H and O–H groups in total. The molecule has 0 bridgehead atoms. The van der Waals surface area contributed by atoms with Crippen molar-refractivity contribution < 1.29 is 4.74 Å². The summed E-state index contributed by atoms with van der Waals surface area (Å²) in [6.45, 7) is 10.4. The minimum atomic E-state index is 0.0726. The van der Waals surface area contributed by atoms with Crippen molar-refractivity contribution in [2.24, 2.45) is 5.41 Å². The molecule has 106 valence electrons. The van der Waals surface area contributed by atoms with Gasteiger partial charge in [-0.3, -0.25) is 0 Å². The highest BCUT2D eigenvalue weighted by atomic mass is 79.9. The third-order valence-electron chi connectivity index (χ3n) is 3.27. The van der Waals surface area contributed by atoms with Crippen molar-refractivity contribution in [3.05, 3.63) is 40.9 Å². The van der Waals surface area contributed by atoms with E-state index in [0.717, 1.165) is 36.2 Å². The summed E-state index contributed by atoms with van der Waals surface area (Å²) in [6.07, 6.45) is 4.17. The summed E-state index contributed by atoms with van der Waals surface area (Å²) < 4.78 is 6.26. The molecular formula is C16H24BrNO. The first kappa shape index (κ1) is 16.3. The fourth-order valence-corrected chi connectivity index (χ4v) is 2.63. The van der Waals surface area contributed by atoms with Crippen LogP contribution in [0.4, 0.5) is 0 Å². The molecule has 0 aliphatic carbocycles. The highest BCUT2D eigenvalue weighted by Crippen LogP contribution is 2.29. The Kier molecular flexibility index (Phi) is 6.59. The second-order valence-corrected chi connectivity index (χ2v) is 6.03. The van der Waals surface area contributed by atoms with Crippen LogP contribution in [0.5, 0.6) is 5.75 Å². The molecule has 0 amide bonds. The highest BCUT2D eigenvalue weighted by Gasteiger charge is 2.20. The van der Waals surface area contributed by atoms with Crippen LogP contribution < -0.4 is 10.1 Å². The van der Waals surface area contributed by atoms with Gasteiger partial charge in [0.15, 0.2) is 0 Å². The Morgan fingerprint density at radius 2 is 2.21 bits per heavy atom. The fourth-order valence-electron chi connectivity index (χ4n) is 2.04. The molecule has 0 fully saturated rings. The summed E-state index contributed by atoms with van der Waals surface area (Å²) in [5.74, 6) is 0.869. The third kappa shape index (κ3) is 5.00. The lowest BCUT2D eigenvalue weighted by Crippen LogP contribution is -2.32. The first-order valence-corrected chi connectivity index (χ1v) is 7.50. The standard InChI is InChI=1S/C16H24BrNO/c1-5-9-18-12-16(3,6-2)11-13-7-8-15(19-4)14(17)10-13/h6-8,10,18H,2,5,9,11-12H2,1,3-4H3. The number of nitrogens with one attached hydrogen (secondary N) is 1. The lowest BCUT2D eigenvalue weighted by molar-refractivity contribution is 0.390. The smallest absolute Gasteiger partial charge is 0.133 e. The second-order valence-electron chi connectivity index (χ2n) is 5.18. The molecule has 1 unspecified atom stereocenters. The summed E-state index contributed by atoms with van der Waals surface area (Å²) in [7, 11) is 1.68. The van der Waals surface area contributed by atoms with Crippen molar-refractivity contribution in [2.75, 3.05) is 20.2 Å². The number of halogens is 1. The number of benzene rings is 1. The normalized spacial score (nSPS) is 13.9. The average Bonchev–Trinajstić information content (AvgIpc) is 2.39. The Bertz CT molecular complexity index is 419. The molecule has 0 saturated carbocycles.